The second-order valence-electron chi connectivity index (χ2n) is 6.35. The number of amides is 1. The van der Waals surface area contributed by atoms with Crippen molar-refractivity contribution in [3.8, 4) is 0 Å². The van der Waals surface area contributed by atoms with Gasteiger partial charge < -0.3 is 19.5 Å². The van der Waals surface area contributed by atoms with E-state index >= 15 is 0 Å². The molecule has 0 aliphatic carbocycles. The van der Waals surface area contributed by atoms with Gasteiger partial charge in [-0.2, -0.15) is 0 Å². The highest BCUT2D eigenvalue weighted by molar-refractivity contribution is 5.91. The summed E-state index contributed by atoms with van der Waals surface area (Å²) in [4.78, 5) is 21.2. The van der Waals surface area contributed by atoms with Gasteiger partial charge in [0.05, 0.1) is 12.8 Å². The van der Waals surface area contributed by atoms with Crippen molar-refractivity contribution in [2.75, 3.05) is 32.7 Å². The Hall–Kier alpha value is -2.76. The zero-order valence-corrected chi connectivity index (χ0v) is 15.4. The van der Waals surface area contributed by atoms with Gasteiger partial charge in [0.15, 0.2) is 11.7 Å². The first-order valence-corrected chi connectivity index (χ1v) is 9.09. The van der Waals surface area contributed by atoms with Crippen LogP contribution in [-0.2, 0) is 6.54 Å². The zero-order chi connectivity index (χ0) is 18.4. The summed E-state index contributed by atoms with van der Waals surface area (Å²) in [6.45, 7) is 8.48. The molecule has 2 aromatic rings. The van der Waals surface area contributed by atoms with Crippen molar-refractivity contribution in [1.29, 1.82) is 0 Å². The van der Waals surface area contributed by atoms with Crippen LogP contribution in [0.2, 0.25) is 0 Å². The number of rotatable bonds is 4. The van der Waals surface area contributed by atoms with E-state index in [1.165, 1.54) is 17.4 Å². The first-order valence-electron chi connectivity index (χ1n) is 9.09. The predicted molar refractivity (Wildman–Crippen MR) is 102 cm³/mol. The Kier molecular flexibility index (Phi) is 5.94. The Labute approximate surface area is 154 Å². The number of piperazine rings is 1. The molecule has 26 heavy (non-hydrogen) atoms. The average Bonchev–Trinajstić information content (AvgIpc) is 3.21. The molecule has 1 fully saturated rings. The quantitative estimate of drug-likeness (QED) is 0.677. The molecule has 6 heteroatoms. The van der Waals surface area contributed by atoms with E-state index in [4.69, 9.17) is 9.41 Å². The highest BCUT2D eigenvalue weighted by Crippen LogP contribution is 2.11. The molecule has 0 spiro atoms. The summed E-state index contributed by atoms with van der Waals surface area (Å²) in [5, 5.41) is 3.37. The minimum absolute atomic E-state index is 0.0449. The number of nitrogens with one attached hydrogen (secondary N) is 1. The fourth-order valence-corrected chi connectivity index (χ4v) is 3.05. The van der Waals surface area contributed by atoms with Gasteiger partial charge in [0.25, 0.3) is 5.91 Å². The third kappa shape index (κ3) is 4.25. The van der Waals surface area contributed by atoms with Crippen LogP contribution in [0.1, 0.15) is 28.6 Å². The van der Waals surface area contributed by atoms with Crippen LogP contribution in [0.25, 0.3) is 0 Å². The minimum Gasteiger partial charge on any atom is -0.459 e. The standard InChI is InChI=1S/C20H26N4O2/c1-3-21-20(22-15-17-8-5-4-7-16(17)2)24-12-10-23(11-13-24)19(25)18-9-6-14-26-18/h4-9,14H,3,10-13,15H2,1-2H3,(H,21,22). The number of aryl methyl sites for hydroxylation is 1. The SMILES string of the molecule is CCNC(=NCc1ccccc1C)N1CCN(C(=O)c2ccco2)CC1. The highest BCUT2D eigenvalue weighted by atomic mass is 16.3. The Morgan fingerprint density at radius 3 is 2.50 bits per heavy atom. The molecule has 0 bridgehead atoms. The smallest absolute Gasteiger partial charge is 0.289 e. The molecule has 2 heterocycles. The molecule has 1 aromatic heterocycles. The lowest BCUT2D eigenvalue weighted by Gasteiger charge is -2.36. The molecular formula is C20H26N4O2. The Morgan fingerprint density at radius 1 is 1.12 bits per heavy atom. The summed E-state index contributed by atoms with van der Waals surface area (Å²) >= 11 is 0. The van der Waals surface area contributed by atoms with Gasteiger partial charge in [-0.15, -0.1) is 0 Å². The van der Waals surface area contributed by atoms with Crippen LogP contribution in [-0.4, -0.2) is 54.4 Å². The molecule has 1 aliphatic heterocycles. The maximum absolute atomic E-state index is 12.4. The van der Waals surface area contributed by atoms with Crippen molar-refractivity contribution >= 4 is 11.9 Å². The van der Waals surface area contributed by atoms with Gasteiger partial charge in [-0.05, 0) is 37.1 Å². The van der Waals surface area contributed by atoms with Gasteiger partial charge >= 0.3 is 0 Å². The third-order valence-corrected chi connectivity index (χ3v) is 4.59. The third-order valence-electron chi connectivity index (χ3n) is 4.59. The Bertz CT molecular complexity index is 747. The van der Waals surface area contributed by atoms with Gasteiger partial charge in [0.2, 0.25) is 0 Å². The molecule has 1 N–H and O–H groups in total. The molecule has 0 atom stereocenters. The Balaban J connectivity index is 1.62. The van der Waals surface area contributed by atoms with Crippen molar-refractivity contribution in [3.63, 3.8) is 0 Å². The first-order chi connectivity index (χ1) is 12.7. The number of aliphatic imine (C=N–C) groups is 1. The van der Waals surface area contributed by atoms with Crippen molar-refractivity contribution in [3.05, 3.63) is 59.5 Å². The van der Waals surface area contributed by atoms with E-state index in [1.54, 1.807) is 12.1 Å². The molecule has 1 aromatic carbocycles. The molecule has 3 rings (SSSR count). The zero-order valence-electron chi connectivity index (χ0n) is 15.4. The van der Waals surface area contributed by atoms with E-state index < -0.39 is 0 Å². The highest BCUT2D eigenvalue weighted by Gasteiger charge is 2.25. The van der Waals surface area contributed by atoms with Crippen molar-refractivity contribution in [2.24, 2.45) is 4.99 Å². The van der Waals surface area contributed by atoms with E-state index in [1.807, 2.05) is 17.0 Å². The molecule has 138 valence electrons. The second-order valence-corrected chi connectivity index (χ2v) is 6.35. The van der Waals surface area contributed by atoms with Gasteiger partial charge in [0.1, 0.15) is 0 Å². The average molecular weight is 354 g/mol. The summed E-state index contributed by atoms with van der Waals surface area (Å²) in [7, 11) is 0. The molecule has 0 radical (unpaired) electrons. The summed E-state index contributed by atoms with van der Waals surface area (Å²) in [6.07, 6.45) is 1.53. The van der Waals surface area contributed by atoms with E-state index in [-0.39, 0.29) is 5.91 Å². The fourth-order valence-electron chi connectivity index (χ4n) is 3.05. The van der Waals surface area contributed by atoms with Crippen molar-refractivity contribution < 1.29 is 9.21 Å². The van der Waals surface area contributed by atoms with Gasteiger partial charge in [0, 0.05) is 32.7 Å². The summed E-state index contributed by atoms with van der Waals surface area (Å²) < 4.78 is 5.22. The van der Waals surface area contributed by atoms with E-state index in [0.717, 1.165) is 25.6 Å². The van der Waals surface area contributed by atoms with Crippen molar-refractivity contribution in [2.45, 2.75) is 20.4 Å². The van der Waals surface area contributed by atoms with Gasteiger partial charge in [-0.25, -0.2) is 4.99 Å². The lowest BCUT2D eigenvalue weighted by atomic mass is 10.1. The normalized spacial score (nSPS) is 15.2. The predicted octanol–water partition coefficient (Wildman–Crippen LogP) is 2.51. The molecule has 1 aliphatic rings. The molecule has 6 nitrogen and oxygen atoms in total. The van der Waals surface area contributed by atoms with Crippen LogP contribution in [0.5, 0.6) is 0 Å². The number of carbonyl (C=O) groups is 1. The lowest BCUT2D eigenvalue weighted by Crippen LogP contribution is -2.53. The molecule has 0 saturated carbocycles. The topological polar surface area (TPSA) is 61.1 Å². The second kappa shape index (κ2) is 8.56. The Morgan fingerprint density at radius 2 is 1.85 bits per heavy atom. The number of furan rings is 1. The monoisotopic (exact) mass is 354 g/mol. The van der Waals surface area contributed by atoms with Crippen LogP contribution >= 0.6 is 0 Å². The fraction of sp³-hybridized carbons (Fsp3) is 0.400. The number of hydrogen-bond donors (Lipinski definition) is 1. The number of carbonyl (C=O) groups excluding carboxylic acids is 1. The van der Waals surface area contributed by atoms with Gasteiger partial charge in [-0.3, -0.25) is 4.79 Å². The van der Waals surface area contributed by atoms with E-state index in [2.05, 4.69) is 36.2 Å². The van der Waals surface area contributed by atoms with Crippen molar-refractivity contribution in [1.82, 2.24) is 15.1 Å². The van der Waals surface area contributed by atoms with Crippen LogP contribution in [0.15, 0.2) is 52.1 Å². The number of nitrogens with zero attached hydrogens (tertiary/aromatic N) is 3. The number of benzene rings is 1. The van der Waals surface area contributed by atoms with E-state index in [9.17, 15) is 4.79 Å². The van der Waals surface area contributed by atoms with E-state index in [0.29, 0.717) is 25.4 Å². The number of hydrogen-bond acceptors (Lipinski definition) is 3. The molecule has 0 unspecified atom stereocenters. The van der Waals surface area contributed by atoms with Crippen LogP contribution in [0, 0.1) is 6.92 Å². The lowest BCUT2D eigenvalue weighted by molar-refractivity contribution is 0.0657. The molecule has 1 saturated heterocycles. The van der Waals surface area contributed by atoms with Crippen LogP contribution in [0.4, 0.5) is 0 Å². The number of guanidine groups is 1. The molecule has 1 amide bonds. The maximum Gasteiger partial charge on any atom is 0.289 e. The van der Waals surface area contributed by atoms with Crippen LogP contribution < -0.4 is 5.32 Å². The minimum atomic E-state index is -0.0449. The van der Waals surface area contributed by atoms with Gasteiger partial charge in [-0.1, -0.05) is 24.3 Å². The first kappa shape index (κ1) is 18.0. The summed E-state index contributed by atoms with van der Waals surface area (Å²) in [5.41, 5.74) is 2.48. The van der Waals surface area contributed by atoms with Crippen LogP contribution in [0.3, 0.4) is 0 Å². The summed E-state index contributed by atoms with van der Waals surface area (Å²) in [5.74, 6) is 1.26. The largest absolute Gasteiger partial charge is 0.459 e. The molecular weight excluding hydrogens is 328 g/mol. The maximum atomic E-state index is 12.4. The summed E-state index contributed by atoms with van der Waals surface area (Å²) in [6, 6.07) is 11.8.